The van der Waals surface area contributed by atoms with E-state index in [4.69, 9.17) is 0 Å². The Morgan fingerprint density at radius 1 is 1.31 bits per heavy atom. The number of thiazole rings is 1. The molecule has 1 amide bonds. The first-order valence-electron chi connectivity index (χ1n) is 9.25. The van der Waals surface area contributed by atoms with E-state index in [0.29, 0.717) is 18.9 Å². The standard InChI is InChI=1S/C20H24FN3OS/c1-14-19(26-13-22-14)12-23-10-16-5-3-7-20(25)24(18(16)11-23)9-15-4-2-6-17(21)8-15/h2,4,6,8,13,16,18H,3,5,7,9-12H2,1H3/t16-,18+/m1/s1. The number of aromatic nitrogens is 1. The first-order chi connectivity index (χ1) is 12.6. The first kappa shape index (κ1) is 17.6. The van der Waals surface area contributed by atoms with Crippen LogP contribution in [0.4, 0.5) is 4.39 Å². The molecule has 0 radical (unpaired) electrons. The summed E-state index contributed by atoms with van der Waals surface area (Å²) in [6, 6.07) is 6.84. The van der Waals surface area contributed by atoms with E-state index in [9.17, 15) is 9.18 Å². The number of nitrogens with zero attached hydrogens (tertiary/aromatic N) is 3. The van der Waals surface area contributed by atoms with Gasteiger partial charge in [-0.3, -0.25) is 9.69 Å². The fraction of sp³-hybridized carbons (Fsp3) is 0.500. The number of carbonyl (C=O) groups is 1. The van der Waals surface area contributed by atoms with Gasteiger partial charge in [0.15, 0.2) is 0 Å². The van der Waals surface area contributed by atoms with Crippen LogP contribution >= 0.6 is 11.3 Å². The van der Waals surface area contributed by atoms with Gasteiger partial charge in [0.1, 0.15) is 5.82 Å². The van der Waals surface area contributed by atoms with Gasteiger partial charge < -0.3 is 4.90 Å². The number of rotatable bonds is 4. The minimum atomic E-state index is -0.241. The Morgan fingerprint density at radius 3 is 2.96 bits per heavy atom. The largest absolute Gasteiger partial charge is 0.334 e. The maximum atomic E-state index is 13.6. The van der Waals surface area contributed by atoms with Gasteiger partial charge in [-0.1, -0.05) is 12.1 Å². The van der Waals surface area contributed by atoms with Gasteiger partial charge in [0.25, 0.3) is 0 Å². The lowest BCUT2D eigenvalue weighted by molar-refractivity contribution is -0.133. The molecule has 138 valence electrons. The number of halogens is 1. The van der Waals surface area contributed by atoms with Crippen molar-refractivity contribution in [1.82, 2.24) is 14.8 Å². The highest BCUT2D eigenvalue weighted by Crippen LogP contribution is 2.33. The zero-order valence-electron chi connectivity index (χ0n) is 15.0. The van der Waals surface area contributed by atoms with Crippen LogP contribution in [0, 0.1) is 18.7 Å². The molecule has 6 heteroatoms. The lowest BCUT2D eigenvalue weighted by atomic mass is 9.98. The molecule has 2 aliphatic rings. The number of fused-ring (bicyclic) bond motifs is 1. The Hall–Kier alpha value is -1.79. The van der Waals surface area contributed by atoms with Crippen LogP contribution in [-0.4, -0.2) is 39.8 Å². The molecule has 2 atom stereocenters. The third-order valence-electron chi connectivity index (χ3n) is 5.62. The third-order valence-corrected chi connectivity index (χ3v) is 6.54. The van der Waals surface area contributed by atoms with Crippen LogP contribution in [0.3, 0.4) is 0 Å². The van der Waals surface area contributed by atoms with Crippen molar-refractivity contribution in [2.45, 2.75) is 45.3 Å². The lowest BCUT2D eigenvalue weighted by Crippen LogP contribution is -2.42. The second-order valence-electron chi connectivity index (χ2n) is 7.43. The molecule has 2 aliphatic heterocycles. The van der Waals surface area contributed by atoms with E-state index in [1.165, 1.54) is 10.9 Å². The normalized spacial score (nSPS) is 23.9. The second kappa shape index (κ2) is 7.45. The summed E-state index contributed by atoms with van der Waals surface area (Å²) in [5.41, 5.74) is 3.88. The molecule has 0 bridgehead atoms. The number of aryl methyl sites for hydroxylation is 1. The highest BCUT2D eigenvalue weighted by atomic mass is 32.1. The van der Waals surface area contributed by atoms with Crippen LogP contribution < -0.4 is 0 Å². The molecular formula is C20H24FN3OS. The summed E-state index contributed by atoms with van der Waals surface area (Å²) in [6.07, 6.45) is 2.65. The minimum Gasteiger partial charge on any atom is -0.334 e. The summed E-state index contributed by atoms with van der Waals surface area (Å²) in [5.74, 6) is 0.468. The molecule has 1 aromatic heterocycles. The molecule has 0 N–H and O–H groups in total. The van der Waals surface area contributed by atoms with Crippen molar-refractivity contribution in [3.05, 3.63) is 51.7 Å². The van der Waals surface area contributed by atoms with Crippen LogP contribution in [0.2, 0.25) is 0 Å². The molecule has 2 saturated heterocycles. The molecule has 3 heterocycles. The number of carbonyl (C=O) groups excluding carboxylic acids is 1. The molecule has 0 saturated carbocycles. The number of benzene rings is 1. The van der Waals surface area contributed by atoms with Gasteiger partial charge in [-0.2, -0.15) is 0 Å². The lowest BCUT2D eigenvalue weighted by Gasteiger charge is -2.30. The van der Waals surface area contributed by atoms with Crippen molar-refractivity contribution < 1.29 is 9.18 Å². The van der Waals surface area contributed by atoms with Gasteiger partial charge >= 0.3 is 0 Å². The van der Waals surface area contributed by atoms with Crippen LogP contribution in [0.15, 0.2) is 29.8 Å². The fourth-order valence-electron chi connectivity index (χ4n) is 4.27. The number of hydrogen-bond donors (Lipinski definition) is 0. The Bertz CT molecular complexity index is 793. The van der Waals surface area contributed by atoms with Crippen LogP contribution in [0.25, 0.3) is 0 Å². The molecule has 2 fully saturated rings. The van der Waals surface area contributed by atoms with Gasteiger partial charge in [0, 0.05) is 43.5 Å². The summed E-state index contributed by atoms with van der Waals surface area (Å²) in [4.78, 5) is 22.8. The zero-order chi connectivity index (χ0) is 18.1. The highest BCUT2D eigenvalue weighted by molar-refractivity contribution is 7.09. The molecule has 1 aromatic carbocycles. The summed E-state index contributed by atoms with van der Waals surface area (Å²) in [7, 11) is 0. The van der Waals surface area contributed by atoms with E-state index in [1.54, 1.807) is 23.5 Å². The van der Waals surface area contributed by atoms with Crippen molar-refractivity contribution in [3.8, 4) is 0 Å². The molecule has 0 unspecified atom stereocenters. The average Bonchev–Trinajstić information content (AvgIpc) is 3.16. The predicted octanol–water partition coefficient (Wildman–Crippen LogP) is 3.60. The van der Waals surface area contributed by atoms with Gasteiger partial charge in [0.05, 0.1) is 11.2 Å². The Kier molecular flexibility index (Phi) is 5.05. The van der Waals surface area contributed by atoms with E-state index in [2.05, 4.69) is 16.8 Å². The third kappa shape index (κ3) is 3.67. The molecule has 0 aliphatic carbocycles. The van der Waals surface area contributed by atoms with Crippen LogP contribution in [0.5, 0.6) is 0 Å². The van der Waals surface area contributed by atoms with Crippen molar-refractivity contribution in [1.29, 1.82) is 0 Å². The SMILES string of the molecule is Cc1ncsc1CN1C[C@H]2CCCC(=O)N(Cc3cccc(F)c3)[C@H]2C1. The average molecular weight is 373 g/mol. The van der Waals surface area contributed by atoms with Crippen LogP contribution in [-0.2, 0) is 17.9 Å². The van der Waals surface area contributed by atoms with Crippen molar-refractivity contribution in [2.24, 2.45) is 5.92 Å². The summed E-state index contributed by atoms with van der Waals surface area (Å²) < 4.78 is 13.6. The van der Waals surface area contributed by atoms with E-state index < -0.39 is 0 Å². The number of amides is 1. The summed E-state index contributed by atoms with van der Waals surface area (Å²) in [5, 5.41) is 0. The number of likely N-dealkylation sites (tertiary alicyclic amines) is 2. The van der Waals surface area contributed by atoms with E-state index in [0.717, 1.165) is 43.7 Å². The smallest absolute Gasteiger partial charge is 0.223 e. The van der Waals surface area contributed by atoms with Gasteiger partial charge in [-0.25, -0.2) is 9.37 Å². The van der Waals surface area contributed by atoms with E-state index in [1.807, 2.05) is 16.5 Å². The van der Waals surface area contributed by atoms with Crippen molar-refractivity contribution in [2.75, 3.05) is 13.1 Å². The van der Waals surface area contributed by atoms with Crippen molar-refractivity contribution >= 4 is 17.2 Å². The molecule has 4 rings (SSSR count). The van der Waals surface area contributed by atoms with Gasteiger partial charge in [-0.05, 0) is 43.4 Å². The molecule has 4 nitrogen and oxygen atoms in total. The fourth-order valence-corrected chi connectivity index (χ4v) is 5.09. The molecular weight excluding hydrogens is 349 g/mol. The topological polar surface area (TPSA) is 36.4 Å². The predicted molar refractivity (Wildman–Crippen MR) is 100 cm³/mol. The molecule has 2 aromatic rings. The highest BCUT2D eigenvalue weighted by Gasteiger charge is 2.40. The number of hydrogen-bond acceptors (Lipinski definition) is 4. The molecule has 0 spiro atoms. The minimum absolute atomic E-state index is 0.206. The Morgan fingerprint density at radius 2 is 2.19 bits per heavy atom. The van der Waals surface area contributed by atoms with E-state index in [-0.39, 0.29) is 17.8 Å². The molecule has 26 heavy (non-hydrogen) atoms. The zero-order valence-corrected chi connectivity index (χ0v) is 15.8. The Balaban J connectivity index is 1.51. The van der Waals surface area contributed by atoms with Gasteiger partial charge in [-0.15, -0.1) is 11.3 Å². The van der Waals surface area contributed by atoms with Crippen LogP contribution in [0.1, 0.15) is 35.4 Å². The van der Waals surface area contributed by atoms with Gasteiger partial charge in [0.2, 0.25) is 5.91 Å². The monoisotopic (exact) mass is 373 g/mol. The maximum Gasteiger partial charge on any atom is 0.223 e. The first-order valence-corrected chi connectivity index (χ1v) is 10.1. The van der Waals surface area contributed by atoms with Crippen molar-refractivity contribution in [3.63, 3.8) is 0 Å². The van der Waals surface area contributed by atoms with E-state index >= 15 is 0 Å². The maximum absolute atomic E-state index is 13.6. The quantitative estimate of drug-likeness (QED) is 0.822. The second-order valence-corrected chi connectivity index (χ2v) is 8.37. The summed E-state index contributed by atoms with van der Waals surface area (Å²) >= 11 is 1.70. The Labute approximate surface area is 157 Å². The summed E-state index contributed by atoms with van der Waals surface area (Å²) in [6.45, 7) is 5.38.